The van der Waals surface area contributed by atoms with Gasteiger partial charge in [-0.3, -0.25) is 0 Å². The molecule has 2 rings (SSSR count). The number of nitrogens with two attached hydrogens (primary N) is 1. The van der Waals surface area contributed by atoms with Crippen molar-refractivity contribution >= 4 is 11.8 Å². The van der Waals surface area contributed by atoms with E-state index in [9.17, 15) is 0 Å². The van der Waals surface area contributed by atoms with Crippen molar-refractivity contribution in [3.05, 3.63) is 0 Å². The zero-order valence-electron chi connectivity index (χ0n) is 10.0. The second-order valence-electron chi connectivity index (χ2n) is 5.59. The lowest BCUT2D eigenvalue weighted by molar-refractivity contribution is 0.323. The first kappa shape index (κ1) is 11.8. The molecule has 0 amide bonds. The molecule has 15 heavy (non-hydrogen) atoms. The topological polar surface area (TPSA) is 26.0 Å². The van der Waals surface area contributed by atoms with E-state index in [0.29, 0.717) is 4.75 Å². The van der Waals surface area contributed by atoms with Crippen LogP contribution in [0, 0.1) is 5.92 Å². The first-order chi connectivity index (χ1) is 7.24. The third-order valence-electron chi connectivity index (χ3n) is 4.28. The molecule has 0 unspecified atom stereocenters. The molecule has 0 aromatic carbocycles. The van der Waals surface area contributed by atoms with Gasteiger partial charge in [0.25, 0.3) is 0 Å². The fourth-order valence-corrected chi connectivity index (χ4v) is 4.86. The zero-order chi connectivity index (χ0) is 10.7. The van der Waals surface area contributed by atoms with Crippen molar-refractivity contribution < 1.29 is 0 Å². The maximum absolute atomic E-state index is 6.04. The summed E-state index contributed by atoms with van der Waals surface area (Å²) in [6, 6.07) is 0. The molecule has 1 nitrogen and oxygen atoms in total. The van der Waals surface area contributed by atoms with Crippen molar-refractivity contribution in [2.45, 2.75) is 68.3 Å². The van der Waals surface area contributed by atoms with Crippen LogP contribution in [0.3, 0.4) is 0 Å². The van der Waals surface area contributed by atoms with E-state index < -0.39 is 0 Å². The SMILES string of the molecule is CC1CCC(CN)(SC2CCCC2)CC1. The Kier molecular flexibility index (Phi) is 4.00. The lowest BCUT2D eigenvalue weighted by Gasteiger charge is -2.39. The van der Waals surface area contributed by atoms with Gasteiger partial charge in [-0.2, -0.15) is 11.8 Å². The molecule has 0 saturated heterocycles. The van der Waals surface area contributed by atoms with Crippen LogP contribution in [-0.4, -0.2) is 16.5 Å². The Morgan fingerprint density at radius 2 is 1.73 bits per heavy atom. The third kappa shape index (κ3) is 2.91. The largest absolute Gasteiger partial charge is 0.329 e. The third-order valence-corrected chi connectivity index (χ3v) is 6.16. The highest BCUT2D eigenvalue weighted by Gasteiger charge is 2.36. The van der Waals surface area contributed by atoms with E-state index in [1.54, 1.807) is 0 Å². The average Bonchev–Trinajstić information content (AvgIpc) is 2.75. The molecule has 0 heterocycles. The number of thioether (sulfide) groups is 1. The number of rotatable bonds is 3. The molecule has 2 aliphatic rings. The van der Waals surface area contributed by atoms with E-state index in [-0.39, 0.29) is 0 Å². The van der Waals surface area contributed by atoms with Crippen LogP contribution in [0.1, 0.15) is 58.3 Å². The van der Waals surface area contributed by atoms with E-state index in [2.05, 4.69) is 18.7 Å². The Morgan fingerprint density at radius 3 is 2.27 bits per heavy atom. The van der Waals surface area contributed by atoms with Gasteiger partial charge in [-0.1, -0.05) is 19.8 Å². The normalized spacial score (nSPS) is 38.4. The number of hydrogen-bond donors (Lipinski definition) is 1. The first-order valence-electron chi connectivity index (χ1n) is 6.62. The van der Waals surface area contributed by atoms with E-state index in [0.717, 1.165) is 17.7 Å². The van der Waals surface area contributed by atoms with Gasteiger partial charge in [0.15, 0.2) is 0 Å². The smallest absolute Gasteiger partial charge is 0.0285 e. The van der Waals surface area contributed by atoms with Gasteiger partial charge in [-0.05, 0) is 44.4 Å². The van der Waals surface area contributed by atoms with Gasteiger partial charge in [0.05, 0.1) is 0 Å². The van der Waals surface area contributed by atoms with Crippen LogP contribution in [0.25, 0.3) is 0 Å². The van der Waals surface area contributed by atoms with Crippen LogP contribution in [0.4, 0.5) is 0 Å². The van der Waals surface area contributed by atoms with Gasteiger partial charge in [-0.25, -0.2) is 0 Å². The predicted molar refractivity (Wildman–Crippen MR) is 69.3 cm³/mol. The first-order valence-corrected chi connectivity index (χ1v) is 7.50. The van der Waals surface area contributed by atoms with Crippen molar-refractivity contribution in [1.29, 1.82) is 0 Å². The average molecular weight is 227 g/mol. The minimum atomic E-state index is 0.460. The van der Waals surface area contributed by atoms with E-state index in [1.165, 1.54) is 51.4 Å². The Morgan fingerprint density at radius 1 is 1.13 bits per heavy atom. The van der Waals surface area contributed by atoms with Gasteiger partial charge in [0.2, 0.25) is 0 Å². The predicted octanol–water partition coefficient (Wildman–Crippen LogP) is 3.57. The van der Waals surface area contributed by atoms with Crippen molar-refractivity contribution in [3.8, 4) is 0 Å². The molecular formula is C13H25NS. The highest BCUT2D eigenvalue weighted by atomic mass is 32.2. The van der Waals surface area contributed by atoms with Crippen LogP contribution in [0.5, 0.6) is 0 Å². The minimum Gasteiger partial charge on any atom is -0.329 e. The van der Waals surface area contributed by atoms with Crippen LogP contribution < -0.4 is 5.73 Å². The molecule has 2 saturated carbocycles. The summed E-state index contributed by atoms with van der Waals surface area (Å²) in [6.07, 6.45) is 11.3. The highest BCUT2D eigenvalue weighted by molar-refractivity contribution is 8.01. The molecule has 88 valence electrons. The van der Waals surface area contributed by atoms with Gasteiger partial charge in [-0.15, -0.1) is 0 Å². The minimum absolute atomic E-state index is 0.460. The monoisotopic (exact) mass is 227 g/mol. The molecule has 0 aromatic rings. The molecule has 0 aliphatic heterocycles. The van der Waals surface area contributed by atoms with Crippen molar-refractivity contribution in [1.82, 2.24) is 0 Å². The van der Waals surface area contributed by atoms with Gasteiger partial charge < -0.3 is 5.73 Å². The van der Waals surface area contributed by atoms with E-state index in [1.807, 2.05) is 0 Å². The summed E-state index contributed by atoms with van der Waals surface area (Å²) in [4.78, 5) is 0. The summed E-state index contributed by atoms with van der Waals surface area (Å²) in [5.74, 6) is 0.939. The van der Waals surface area contributed by atoms with Gasteiger partial charge in [0, 0.05) is 16.5 Å². The molecule has 0 atom stereocenters. The highest BCUT2D eigenvalue weighted by Crippen LogP contribution is 2.46. The lowest BCUT2D eigenvalue weighted by atomic mass is 9.82. The fraction of sp³-hybridized carbons (Fsp3) is 1.00. The van der Waals surface area contributed by atoms with Crippen LogP contribution in [-0.2, 0) is 0 Å². The lowest BCUT2D eigenvalue weighted by Crippen LogP contribution is -2.39. The Labute approximate surface area is 98.6 Å². The van der Waals surface area contributed by atoms with Crippen LogP contribution in [0.15, 0.2) is 0 Å². The zero-order valence-corrected chi connectivity index (χ0v) is 10.8. The molecule has 2 N–H and O–H groups in total. The molecule has 0 bridgehead atoms. The molecule has 0 radical (unpaired) electrons. The molecular weight excluding hydrogens is 202 g/mol. The Bertz CT molecular complexity index is 191. The van der Waals surface area contributed by atoms with Crippen molar-refractivity contribution in [3.63, 3.8) is 0 Å². The maximum Gasteiger partial charge on any atom is 0.0285 e. The standard InChI is InChI=1S/C13H25NS/c1-11-6-8-13(10-14,9-7-11)15-12-4-2-3-5-12/h11-12H,2-10,14H2,1H3. The Hall–Kier alpha value is 0.310. The molecule has 0 spiro atoms. The molecule has 0 aromatic heterocycles. The maximum atomic E-state index is 6.04. The molecule has 2 fully saturated rings. The van der Waals surface area contributed by atoms with E-state index in [4.69, 9.17) is 5.73 Å². The summed E-state index contributed by atoms with van der Waals surface area (Å²) < 4.78 is 0.460. The summed E-state index contributed by atoms with van der Waals surface area (Å²) in [5, 5.41) is 0.932. The number of hydrogen-bond acceptors (Lipinski definition) is 2. The van der Waals surface area contributed by atoms with Gasteiger partial charge in [0.1, 0.15) is 0 Å². The molecule has 2 aliphatic carbocycles. The summed E-state index contributed by atoms with van der Waals surface area (Å²) in [5.41, 5.74) is 6.04. The van der Waals surface area contributed by atoms with Crippen LogP contribution >= 0.6 is 11.8 Å². The molecule has 2 heteroatoms. The second-order valence-corrected chi connectivity index (χ2v) is 7.36. The quantitative estimate of drug-likeness (QED) is 0.797. The van der Waals surface area contributed by atoms with Crippen molar-refractivity contribution in [2.75, 3.05) is 6.54 Å². The van der Waals surface area contributed by atoms with Gasteiger partial charge >= 0.3 is 0 Å². The fourth-order valence-electron chi connectivity index (χ4n) is 3.02. The second kappa shape index (κ2) is 5.09. The van der Waals surface area contributed by atoms with E-state index >= 15 is 0 Å². The summed E-state index contributed by atoms with van der Waals surface area (Å²) in [6.45, 7) is 3.29. The summed E-state index contributed by atoms with van der Waals surface area (Å²) in [7, 11) is 0. The van der Waals surface area contributed by atoms with Crippen LogP contribution in [0.2, 0.25) is 0 Å². The Balaban J connectivity index is 1.89. The summed E-state index contributed by atoms with van der Waals surface area (Å²) >= 11 is 2.25. The van der Waals surface area contributed by atoms with Crippen molar-refractivity contribution in [2.24, 2.45) is 11.7 Å².